The molecule has 0 spiro atoms. The van der Waals surface area contributed by atoms with E-state index in [9.17, 15) is 0 Å². The topological polar surface area (TPSA) is 30.9 Å². The van der Waals surface area contributed by atoms with Gasteiger partial charge in [0.2, 0.25) is 0 Å². The summed E-state index contributed by atoms with van der Waals surface area (Å²) in [4.78, 5) is 9.27. The van der Waals surface area contributed by atoms with Crippen LogP contribution in [0, 0.1) is 0 Å². The van der Waals surface area contributed by atoms with Crippen LogP contribution in [0.15, 0.2) is 29.3 Å². The summed E-state index contributed by atoms with van der Waals surface area (Å²) in [6.07, 6.45) is 4.09. The number of nitrogens with one attached hydrogen (secondary N) is 1. The molecule has 1 aromatic carbocycles. The van der Waals surface area contributed by atoms with Gasteiger partial charge in [0.1, 0.15) is 0 Å². The molecule has 4 heteroatoms. The monoisotopic (exact) mass is 286 g/mol. The molecule has 1 fully saturated rings. The number of nitrogens with zero attached hydrogens (tertiary/aromatic N) is 3. The molecule has 0 bridgehead atoms. The highest BCUT2D eigenvalue weighted by atomic mass is 15.3. The number of guanidine groups is 1. The van der Waals surface area contributed by atoms with Gasteiger partial charge in [-0.05, 0) is 37.1 Å². The summed E-state index contributed by atoms with van der Waals surface area (Å²) in [5, 5.41) is 3.48. The Balaban J connectivity index is 1.61. The van der Waals surface area contributed by atoms with Gasteiger partial charge in [-0.25, -0.2) is 0 Å². The van der Waals surface area contributed by atoms with E-state index in [0.29, 0.717) is 0 Å². The first-order chi connectivity index (χ1) is 10.3. The van der Waals surface area contributed by atoms with Gasteiger partial charge in [-0.3, -0.25) is 9.89 Å². The van der Waals surface area contributed by atoms with E-state index >= 15 is 0 Å². The second-order valence-corrected chi connectivity index (χ2v) is 6.09. The first kappa shape index (κ1) is 14.4. The molecule has 0 unspecified atom stereocenters. The van der Waals surface area contributed by atoms with E-state index in [1.807, 2.05) is 0 Å². The van der Waals surface area contributed by atoms with E-state index in [0.717, 1.165) is 32.1 Å². The lowest BCUT2D eigenvalue weighted by molar-refractivity contribution is 0.220. The third-order valence-corrected chi connectivity index (χ3v) is 4.46. The average molecular weight is 286 g/mol. The minimum Gasteiger partial charge on any atom is -0.352 e. The molecule has 21 heavy (non-hydrogen) atoms. The van der Waals surface area contributed by atoms with Crippen LogP contribution in [0.4, 0.5) is 0 Å². The van der Waals surface area contributed by atoms with E-state index in [2.05, 4.69) is 51.4 Å². The number of hydrogen-bond donors (Lipinski definition) is 1. The highest BCUT2D eigenvalue weighted by Gasteiger charge is 2.14. The predicted molar refractivity (Wildman–Crippen MR) is 87.3 cm³/mol. The van der Waals surface area contributed by atoms with Crippen molar-refractivity contribution in [3.8, 4) is 0 Å². The van der Waals surface area contributed by atoms with Gasteiger partial charge >= 0.3 is 0 Å². The maximum atomic E-state index is 4.50. The second kappa shape index (κ2) is 6.94. The van der Waals surface area contributed by atoms with E-state index in [1.165, 1.54) is 43.5 Å². The number of rotatable bonds is 4. The van der Waals surface area contributed by atoms with Crippen molar-refractivity contribution in [3.05, 3.63) is 35.4 Å². The van der Waals surface area contributed by atoms with Gasteiger partial charge < -0.3 is 10.2 Å². The number of aliphatic imine (C=N–C) groups is 1. The first-order valence-corrected chi connectivity index (χ1v) is 8.11. The van der Waals surface area contributed by atoms with E-state index < -0.39 is 0 Å². The van der Waals surface area contributed by atoms with Crippen molar-refractivity contribution in [1.29, 1.82) is 0 Å². The molecule has 0 aliphatic carbocycles. The van der Waals surface area contributed by atoms with Crippen LogP contribution in [0.3, 0.4) is 0 Å². The predicted octanol–water partition coefficient (Wildman–Crippen LogP) is 2.06. The lowest BCUT2D eigenvalue weighted by atomic mass is 10.0. The molecule has 3 rings (SSSR count). The molecule has 0 saturated carbocycles. The Hall–Kier alpha value is -1.55. The first-order valence-electron chi connectivity index (χ1n) is 8.11. The summed E-state index contributed by atoms with van der Waals surface area (Å²) in [5.74, 6) is 1.03. The zero-order valence-corrected chi connectivity index (χ0v) is 13.0. The number of benzene rings is 1. The molecule has 0 aromatic heterocycles. The Morgan fingerprint density at radius 3 is 2.52 bits per heavy atom. The molecule has 4 nitrogen and oxygen atoms in total. The minimum absolute atomic E-state index is 0.868. The average Bonchev–Trinajstić information content (AvgIpc) is 2.93. The zero-order valence-electron chi connectivity index (χ0n) is 13.0. The molecule has 1 saturated heterocycles. The van der Waals surface area contributed by atoms with Crippen LogP contribution in [-0.2, 0) is 13.1 Å². The van der Waals surface area contributed by atoms with Crippen LogP contribution in [0.1, 0.15) is 30.4 Å². The van der Waals surface area contributed by atoms with Crippen LogP contribution >= 0.6 is 0 Å². The summed E-state index contributed by atoms with van der Waals surface area (Å²) in [7, 11) is 2.10. The van der Waals surface area contributed by atoms with Crippen LogP contribution in [0.5, 0.6) is 0 Å². The fourth-order valence-corrected chi connectivity index (χ4v) is 3.14. The highest BCUT2D eigenvalue weighted by Crippen LogP contribution is 2.16. The third-order valence-electron chi connectivity index (χ3n) is 4.46. The van der Waals surface area contributed by atoms with E-state index in [4.69, 9.17) is 0 Å². The summed E-state index contributed by atoms with van der Waals surface area (Å²) in [6.45, 7) is 6.38. The van der Waals surface area contributed by atoms with Crippen molar-refractivity contribution in [1.82, 2.24) is 15.1 Å². The third kappa shape index (κ3) is 3.76. The van der Waals surface area contributed by atoms with Crippen LogP contribution < -0.4 is 5.32 Å². The molecular formula is C17H26N4. The van der Waals surface area contributed by atoms with Gasteiger partial charge in [-0.15, -0.1) is 0 Å². The highest BCUT2D eigenvalue weighted by molar-refractivity contribution is 5.81. The van der Waals surface area contributed by atoms with E-state index in [1.54, 1.807) is 0 Å². The van der Waals surface area contributed by atoms with Gasteiger partial charge in [0, 0.05) is 26.7 Å². The number of hydrogen-bond acceptors (Lipinski definition) is 4. The van der Waals surface area contributed by atoms with Gasteiger partial charge in [-0.2, -0.15) is 0 Å². The van der Waals surface area contributed by atoms with Crippen LogP contribution in [-0.4, -0.2) is 49.0 Å². The Kier molecular flexibility index (Phi) is 4.76. The van der Waals surface area contributed by atoms with Crippen molar-refractivity contribution in [2.75, 3.05) is 33.2 Å². The zero-order chi connectivity index (χ0) is 14.5. The maximum absolute atomic E-state index is 4.50. The molecule has 0 amide bonds. The second-order valence-electron chi connectivity index (χ2n) is 6.09. The Morgan fingerprint density at radius 1 is 1.05 bits per heavy atom. The molecule has 2 aliphatic rings. The number of likely N-dealkylation sites (tertiary alicyclic amines) is 1. The quantitative estimate of drug-likeness (QED) is 0.919. The fraction of sp³-hybridized carbons (Fsp3) is 0.588. The van der Waals surface area contributed by atoms with Gasteiger partial charge in [0.15, 0.2) is 5.96 Å². The molecule has 0 atom stereocenters. The lowest BCUT2D eigenvalue weighted by Crippen LogP contribution is -2.35. The maximum Gasteiger partial charge on any atom is 0.194 e. The molecule has 1 aromatic rings. The van der Waals surface area contributed by atoms with Gasteiger partial charge in [0.05, 0.1) is 6.54 Å². The van der Waals surface area contributed by atoms with Crippen molar-refractivity contribution < 1.29 is 0 Å². The van der Waals surface area contributed by atoms with Crippen LogP contribution in [0.25, 0.3) is 0 Å². The Morgan fingerprint density at radius 2 is 1.81 bits per heavy atom. The number of likely N-dealkylation sites (N-methyl/N-ethyl adjacent to an activating group) is 1. The SMILES string of the molecule is CN1CCN=C1NCc1ccccc1CN1CCCCC1. The molecule has 114 valence electrons. The van der Waals surface area contributed by atoms with Crippen molar-refractivity contribution in [2.45, 2.75) is 32.4 Å². The molecule has 2 aliphatic heterocycles. The number of piperidine rings is 1. The van der Waals surface area contributed by atoms with Gasteiger partial charge in [-0.1, -0.05) is 30.7 Å². The lowest BCUT2D eigenvalue weighted by Gasteiger charge is -2.27. The van der Waals surface area contributed by atoms with Crippen molar-refractivity contribution in [2.24, 2.45) is 4.99 Å². The normalized spacial score (nSPS) is 19.7. The van der Waals surface area contributed by atoms with Crippen molar-refractivity contribution in [3.63, 3.8) is 0 Å². The molecule has 2 heterocycles. The largest absolute Gasteiger partial charge is 0.352 e. The summed E-state index contributed by atoms with van der Waals surface area (Å²) in [6, 6.07) is 8.80. The van der Waals surface area contributed by atoms with Crippen molar-refractivity contribution >= 4 is 5.96 Å². The Labute approximate surface area is 127 Å². The molecular weight excluding hydrogens is 260 g/mol. The standard InChI is InChI=1S/C17H26N4/c1-20-12-9-18-17(20)19-13-15-7-3-4-8-16(15)14-21-10-5-2-6-11-21/h3-4,7-8H,2,5-6,9-14H2,1H3,(H,18,19). The summed E-state index contributed by atoms with van der Waals surface area (Å²) < 4.78 is 0. The smallest absolute Gasteiger partial charge is 0.194 e. The Bertz CT molecular complexity index is 491. The minimum atomic E-state index is 0.868. The van der Waals surface area contributed by atoms with Crippen LogP contribution in [0.2, 0.25) is 0 Å². The fourth-order valence-electron chi connectivity index (χ4n) is 3.14. The summed E-state index contributed by atoms with van der Waals surface area (Å²) >= 11 is 0. The summed E-state index contributed by atoms with van der Waals surface area (Å²) in [5.41, 5.74) is 2.85. The molecule has 1 N–H and O–H groups in total. The van der Waals surface area contributed by atoms with E-state index in [-0.39, 0.29) is 0 Å². The van der Waals surface area contributed by atoms with Gasteiger partial charge in [0.25, 0.3) is 0 Å². The molecule has 0 radical (unpaired) electrons.